The van der Waals surface area contributed by atoms with E-state index >= 15 is 0 Å². The van der Waals surface area contributed by atoms with Crippen molar-refractivity contribution in [1.29, 1.82) is 5.26 Å². The predicted molar refractivity (Wildman–Crippen MR) is 140 cm³/mol. The lowest BCUT2D eigenvalue weighted by Crippen LogP contribution is -2.40. The van der Waals surface area contributed by atoms with Crippen LogP contribution >= 0.6 is 11.3 Å². The monoisotopic (exact) mass is 516 g/mol. The minimum Gasteiger partial charge on any atom is -0.495 e. The Morgan fingerprint density at radius 1 is 1.30 bits per heavy atom. The van der Waals surface area contributed by atoms with E-state index in [2.05, 4.69) is 28.7 Å². The van der Waals surface area contributed by atoms with Gasteiger partial charge in [0, 0.05) is 6.54 Å². The van der Waals surface area contributed by atoms with Crippen LogP contribution < -0.4 is 4.74 Å². The van der Waals surface area contributed by atoms with Crippen molar-refractivity contribution in [1.82, 2.24) is 14.9 Å². The molecule has 1 fully saturated rings. The number of benzene rings is 1. The summed E-state index contributed by atoms with van der Waals surface area (Å²) >= 11 is 1.01. The van der Waals surface area contributed by atoms with Gasteiger partial charge in [-0.2, -0.15) is 5.26 Å². The Kier molecular flexibility index (Phi) is 7.69. The highest BCUT2D eigenvalue weighted by Gasteiger charge is 2.54. The number of amides is 1. The Morgan fingerprint density at radius 3 is 2.65 bits per heavy atom. The van der Waals surface area contributed by atoms with Crippen LogP contribution in [0.1, 0.15) is 63.4 Å². The van der Waals surface area contributed by atoms with E-state index in [4.69, 9.17) is 4.74 Å². The van der Waals surface area contributed by atoms with Crippen LogP contribution in [-0.4, -0.2) is 45.5 Å². The Hall–Kier alpha value is -4.03. The number of methoxy groups -OCH3 is 1. The van der Waals surface area contributed by atoms with Gasteiger partial charge in [0.1, 0.15) is 21.7 Å². The maximum absolute atomic E-state index is 13.9. The third-order valence-electron chi connectivity index (χ3n) is 6.52. The Labute approximate surface area is 219 Å². The van der Waals surface area contributed by atoms with Crippen molar-refractivity contribution in [2.45, 2.75) is 44.6 Å². The van der Waals surface area contributed by atoms with E-state index in [0.717, 1.165) is 34.5 Å². The number of pyridine rings is 1. The fourth-order valence-corrected chi connectivity index (χ4v) is 5.19. The number of thiazole rings is 1. The number of aromatic nitrogens is 2. The third kappa shape index (κ3) is 5.70. The molecular weight excluding hydrogens is 488 g/mol. The number of nitrogens with zero attached hydrogens (tertiary/aromatic N) is 4. The van der Waals surface area contributed by atoms with Crippen molar-refractivity contribution in [2.24, 2.45) is 0 Å². The molecule has 1 aromatic carbocycles. The summed E-state index contributed by atoms with van der Waals surface area (Å²) < 4.78 is 5.21. The normalized spacial score (nSPS) is 13.4. The van der Waals surface area contributed by atoms with Gasteiger partial charge in [0.25, 0.3) is 0 Å². The molecule has 37 heavy (non-hydrogen) atoms. The summed E-state index contributed by atoms with van der Waals surface area (Å²) in [6.45, 7) is 6.57. The van der Waals surface area contributed by atoms with Crippen LogP contribution in [0.5, 0.6) is 5.75 Å². The van der Waals surface area contributed by atoms with Crippen molar-refractivity contribution in [3.8, 4) is 11.8 Å². The zero-order valence-corrected chi connectivity index (χ0v) is 21.7. The molecule has 8 nitrogen and oxygen atoms in total. The standard InChI is InChI=1S/C28H28N4O4S/c1-18(2)20-8-4-6-19(14-20)7-5-13-32(17-24-31-25(26(33)34)22(15-29)37-24)27(35)28(11-12-28)23-10-9-21(36-3)16-30-23/h4,6,8-10,14,16H,1,5,7,11-13,17H2,2-3H3,(H,33,34). The number of rotatable bonds is 11. The molecule has 1 aliphatic rings. The molecule has 0 saturated heterocycles. The average Bonchev–Trinajstić information content (AvgIpc) is 3.61. The number of nitriles is 1. The summed E-state index contributed by atoms with van der Waals surface area (Å²) in [6.07, 6.45) is 4.45. The largest absolute Gasteiger partial charge is 0.495 e. The minimum absolute atomic E-state index is 0.0319. The molecule has 0 radical (unpaired) electrons. The van der Waals surface area contributed by atoms with Crippen molar-refractivity contribution in [3.05, 3.63) is 81.6 Å². The molecule has 1 N–H and O–H groups in total. The smallest absolute Gasteiger partial charge is 0.356 e. The highest BCUT2D eigenvalue weighted by Crippen LogP contribution is 2.49. The first-order valence-corrected chi connectivity index (χ1v) is 12.8. The molecule has 0 unspecified atom stereocenters. The minimum atomic E-state index is -1.25. The van der Waals surface area contributed by atoms with Crippen LogP contribution in [0.15, 0.2) is 49.2 Å². The van der Waals surface area contributed by atoms with Crippen LogP contribution in [0.3, 0.4) is 0 Å². The van der Waals surface area contributed by atoms with E-state index in [-0.39, 0.29) is 23.0 Å². The summed E-state index contributed by atoms with van der Waals surface area (Å²) in [7, 11) is 1.57. The molecule has 2 aromatic heterocycles. The zero-order valence-electron chi connectivity index (χ0n) is 20.9. The SMILES string of the molecule is C=C(C)c1cccc(CCCN(Cc2nc(C(=O)O)c(C#N)s2)C(=O)C2(c3ccc(OC)cn3)CC2)c1. The quantitative estimate of drug-likeness (QED) is 0.387. The fraction of sp³-hybridized carbons (Fsp3) is 0.321. The molecule has 4 rings (SSSR count). The van der Waals surface area contributed by atoms with Gasteiger partial charge in [0.05, 0.1) is 31.0 Å². The van der Waals surface area contributed by atoms with Crippen LogP contribution in [0, 0.1) is 11.3 Å². The van der Waals surface area contributed by atoms with E-state index in [9.17, 15) is 20.0 Å². The summed E-state index contributed by atoms with van der Waals surface area (Å²) in [6, 6.07) is 13.7. The first-order chi connectivity index (χ1) is 17.8. The molecule has 1 amide bonds. The van der Waals surface area contributed by atoms with E-state index < -0.39 is 11.4 Å². The third-order valence-corrected chi connectivity index (χ3v) is 7.47. The lowest BCUT2D eigenvalue weighted by Gasteiger charge is -2.27. The molecule has 0 atom stereocenters. The molecule has 190 valence electrons. The average molecular weight is 517 g/mol. The molecule has 3 aromatic rings. The fourth-order valence-electron chi connectivity index (χ4n) is 4.33. The van der Waals surface area contributed by atoms with Crippen molar-refractivity contribution < 1.29 is 19.4 Å². The second kappa shape index (κ2) is 10.9. The number of carbonyl (C=O) groups is 2. The van der Waals surface area contributed by atoms with Crippen molar-refractivity contribution in [2.75, 3.05) is 13.7 Å². The van der Waals surface area contributed by atoms with Gasteiger partial charge in [0.15, 0.2) is 5.69 Å². The van der Waals surface area contributed by atoms with Crippen LogP contribution in [-0.2, 0) is 23.2 Å². The van der Waals surface area contributed by atoms with E-state index in [1.807, 2.05) is 31.2 Å². The van der Waals surface area contributed by atoms with E-state index in [0.29, 0.717) is 42.3 Å². The topological polar surface area (TPSA) is 116 Å². The van der Waals surface area contributed by atoms with Crippen LogP contribution in [0.4, 0.5) is 0 Å². The highest BCUT2D eigenvalue weighted by molar-refractivity contribution is 7.12. The van der Waals surface area contributed by atoms with Crippen molar-refractivity contribution in [3.63, 3.8) is 0 Å². The first kappa shape index (κ1) is 26.0. The second-order valence-corrected chi connectivity index (χ2v) is 10.3. The molecule has 1 saturated carbocycles. The second-order valence-electron chi connectivity index (χ2n) is 9.18. The Morgan fingerprint density at radius 2 is 2.08 bits per heavy atom. The number of hydrogen-bond acceptors (Lipinski definition) is 7. The zero-order chi connectivity index (χ0) is 26.6. The maximum atomic E-state index is 13.9. The lowest BCUT2D eigenvalue weighted by molar-refractivity contribution is -0.134. The number of carbonyl (C=O) groups excluding carboxylic acids is 1. The van der Waals surface area contributed by atoms with Gasteiger partial charge < -0.3 is 14.7 Å². The number of hydrogen-bond donors (Lipinski definition) is 1. The lowest BCUT2D eigenvalue weighted by atomic mass is 9.98. The molecule has 0 spiro atoms. The molecule has 0 bridgehead atoms. The number of carboxylic acids is 1. The van der Waals surface area contributed by atoms with Gasteiger partial charge >= 0.3 is 5.97 Å². The van der Waals surface area contributed by atoms with E-state index in [1.165, 1.54) is 0 Å². The number of aryl methyl sites for hydroxylation is 1. The van der Waals surface area contributed by atoms with Gasteiger partial charge in [-0.1, -0.05) is 36.4 Å². The van der Waals surface area contributed by atoms with Gasteiger partial charge in [-0.05, 0) is 55.9 Å². The van der Waals surface area contributed by atoms with Gasteiger partial charge in [0.2, 0.25) is 5.91 Å². The van der Waals surface area contributed by atoms with Gasteiger partial charge in [-0.15, -0.1) is 11.3 Å². The summed E-state index contributed by atoms with van der Waals surface area (Å²) in [5.41, 5.74) is 2.94. The van der Waals surface area contributed by atoms with E-state index in [1.54, 1.807) is 24.3 Å². The number of carboxylic acid groups (broad SMARTS) is 1. The summed E-state index contributed by atoms with van der Waals surface area (Å²) in [4.78, 5) is 35.8. The molecule has 1 aliphatic carbocycles. The molecular formula is C28H28N4O4S. The number of ether oxygens (including phenoxy) is 1. The molecule has 9 heteroatoms. The Bertz CT molecular complexity index is 1370. The molecule has 0 aliphatic heterocycles. The number of aromatic carboxylic acids is 1. The Balaban J connectivity index is 1.57. The van der Waals surface area contributed by atoms with Crippen LogP contribution in [0.2, 0.25) is 0 Å². The number of allylic oxidation sites excluding steroid dienone is 1. The maximum Gasteiger partial charge on any atom is 0.356 e. The highest BCUT2D eigenvalue weighted by atomic mass is 32.1. The summed E-state index contributed by atoms with van der Waals surface area (Å²) in [5.74, 6) is -0.698. The summed E-state index contributed by atoms with van der Waals surface area (Å²) in [5, 5.41) is 19.2. The first-order valence-electron chi connectivity index (χ1n) is 11.9. The van der Waals surface area contributed by atoms with Gasteiger partial charge in [-0.25, -0.2) is 9.78 Å². The van der Waals surface area contributed by atoms with Crippen molar-refractivity contribution >= 4 is 28.8 Å². The van der Waals surface area contributed by atoms with Crippen LogP contribution in [0.25, 0.3) is 5.57 Å². The molecule has 2 heterocycles. The predicted octanol–water partition coefficient (Wildman–Crippen LogP) is 4.84. The van der Waals surface area contributed by atoms with Gasteiger partial charge in [-0.3, -0.25) is 9.78 Å².